The van der Waals surface area contributed by atoms with E-state index < -0.39 is 0 Å². The molecule has 5 heteroatoms. The number of phenolic OH excluding ortho intramolecular Hbond substituents is 1. The van der Waals surface area contributed by atoms with Gasteiger partial charge in [-0.1, -0.05) is 41.4 Å². The summed E-state index contributed by atoms with van der Waals surface area (Å²) in [6, 6.07) is 11.2. The zero-order valence-electron chi connectivity index (χ0n) is 10.6. The zero-order chi connectivity index (χ0) is 14.1. The summed E-state index contributed by atoms with van der Waals surface area (Å²) >= 11 is 11.9. The molecule has 2 aromatic carbocycles. The minimum absolute atomic E-state index is 0.0655. The highest BCUT2D eigenvalue weighted by molar-refractivity contribution is 6.35. The van der Waals surface area contributed by atoms with Crippen LogP contribution in [0.5, 0.6) is 11.5 Å². The van der Waals surface area contributed by atoms with Crippen molar-refractivity contribution in [1.29, 1.82) is 0 Å². The van der Waals surface area contributed by atoms with Gasteiger partial charge in [0.15, 0.2) is 0 Å². The molecule has 0 spiro atoms. The summed E-state index contributed by atoms with van der Waals surface area (Å²) in [4.78, 5) is 0. The van der Waals surface area contributed by atoms with Gasteiger partial charge in [-0.15, -0.1) is 0 Å². The normalized spacial score (nSPS) is 16.8. The summed E-state index contributed by atoms with van der Waals surface area (Å²) in [7, 11) is 0. The van der Waals surface area contributed by atoms with Crippen LogP contribution in [0.25, 0.3) is 0 Å². The summed E-state index contributed by atoms with van der Waals surface area (Å²) in [5.74, 6) is 0.967. The number of para-hydroxylation sites is 1. The zero-order valence-corrected chi connectivity index (χ0v) is 12.1. The number of halogens is 2. The number of phenols is 1. The van der Waals surface area contributed by atoms with Crippen molar-refractivity contribution < 1.29 is 9.84 Å². The van der Waals surface area contributed by atoms with Gasteiger partial charge in [0.2, 0.25) is 0 Å². The van der Waals surface area contributed by atoms with Gasteiger partial charge in [-0.25, -0.2) is 0 Å². The molecule has 1 atom stereocenters. The molecule has 3 rings (SSSR count). The number of fused-ring (bicyclic) bond motifs is 1. The van der Waals surface area contributed by atoms with E-state index in [-0.39, 0.29) is 16.8 Å². The second kappa shape index (κ2) is 5.52. The Hall–Kier alpha value is -1.42. The number of rotatable bonds is 3. The molecule has 2 aromatic rings. The number of ether oxygens (including phenoxy) is 1. The summed E-state index contributed by atoms with van der Waals surface area (Å²) in [6.07, 6.45) is 0. The number of nitrogens with one attached hydrogen (secondary N) is 1. The SMILES string of the molecule is Oc1c(Cl)cc(Cl)cc1CNC1COc2ccccc21. The molecule has 0 saturated carbocycles. The Labute approximate surface area is 127 Å². The van der Waals surface area contributed by atoms with Crippen LogP contribution in [-0.4, -0.2) is 11.7 Å². The van der Waals surface area contributed by atoms with E-state index >= 15 is 0 Å². The molecule has 2 N–H and O–H groups in total. The highest BCUT2D eigenvalue weighted by Gasteiger charge is 2.23. The molecular weight excluding hydrogens is 297 g/mol. The highest BCUT2D eigenvalue weighted by atomic mass is 35.5. The lowest BCUT2D eigenvalue weighted by Crippen LogP contribution is -2.22. The first-order valence-electron chi connectivity index (χ1n) is 6.27. The molecule has 104 valence electrons. The summed E-state index contributed by atoms with van der Waals surface area (Å²) in [5, 5.41) is 14.0. The molecule has 0 aliphatic carbocycles. The van der Waals surface area contributed by atoms with Gasteiger partial charge < -0.3 is 15.2 Å². The second-order valence-electron chi connectivity index (χ2n) is 4.68. The molecule has 0 radical (unpaired) electrons. The topological polar surface area (TPSA) is 41.5 Å². The van der Waals surface area contributed by atoms with Crippen molar-refractivity contribution in [3.05, 3.63) is 57.6 Å². The second-order valence-corrected chi connectivity index (χ2v) is 5.52. The fraction of sp³-hybridized carbons (Fsp3) is 0.200. The van der Waals surface area contributed by atoms with E-state index in [2.05, 4.69) is 5.32 Å². The predicted octanol–water partition coefficient (Wildman–Crippen LogP) is 3.92. The third kappa shape index (κ3) is 2.57. The number of benzene rings is 2. The quantitative estimate of drug-likeness (QED) is 0.903. The predicted molar refractivity (Wildman–Crippen MR) is 79.6 cm³/mol. The first-order valence-corrected chi connectivity index (χ1v) is 7.03. The molecule has 0 saturated heterocycles. The molecule has 1 heterocycles. The van der Waals surface area contributed by atoms with Crippen molar-refractivity contribution in [3.63, 3.8) is 0 Å². The van der Waals surface area contributed by atoms with Crippen LogP contribution in [0.4, 0.5) is 0 Å². The molecule has 0 aromatic heterocycles. The van der Waals surface area contributed by atoms with Crippen molar-refractivity contribution in [2.24, 2.45) is 0 Å². The third-order valence-corrected chi connectivity index (χ3v) is 3.85. The Morgan fingerprint density at radius 2 is 2.05 bits per heavy atom. The van der Waals surface area contributed by atoms with Crippen LogP contribution in [0.1, 0.15) is 17.2 Å². The lowest BCUT2D eigenvalue weighted by atomic mass is 10.1. The lowest BCUT2D eigenvalue weighted by Gasteiger charge is -2.13. The average molecular weight is 310 g/mol. The Morgan fingerprint density at radius 3 is 2.90 bits per heavy atom. The van der Waals surface area contributed by atoms with Gasteiger partial charge in [-0.3, -0.25) is 0 Å². The van der Waals surface area contributed by atoms with Gasteiger partial charge in [-0.05, 0) is 18.2 Å². The Kier molecular flexibility index (Phi) is 3.74. The van der Waals surface area contributed by atoms with Crippen LogP contribution in [-0.2, 0) is 6.54 Å². The first-order chi connectivity index (χ1) is 9.65. The van der Waals surface area contributed by atoms with Crippen molar-refractivity contribution in [1.82, 2.24) is 5.32 Å². The lowest BCUT2D eigenvalue weighted by molar-refractivity contribution is 0.310. The monoisotopic (exact) mass is 309 g/mol. The number of hydrogen-bond donors (Lipinski definition) is 2. The van der Waals surface area contributed by atoms with Crippen LogP contribution in [0.15, 0.2) is 36.4 Å². The van der Waals surface area contributed by atoms with Gasteiger partial charge >= 0.3 is 0 Å². The molecule has 0 fully saturated rings. The fourth-order valence-electron chi connectivity index (χ4n) is 2.32. The van der Waals surface area contributed by atoms with E-state index in [1.165, 1.54) is 6.07 Å². The van der Waals surface area contributed by atoms with E-state index in [4.69, 9.17) is 27.9 Å². The van der Waals surface area contributed by atoms with E-state index in [0.29, 0.717) is 23.7 Å². The van der Waals surface area contributed by atoms with E-state index in [0.717, 1.165) is 11.3 Å². The highest BCUT2D eigenvalue weighted by Crippen LogP contribution is 2.34. The van der Waals surface area contributed by atoms with Crippen molar-refractivity contribution in [2.75, 3.05) is 6.61 Å². The molecule has 0 amide bonds. The van der Waals surface area contributed by atoms with E-state index in [1.54, 1.807) is 6.07 Å². The maximum Gasteiger partial charge on any atom is 0.138 e. The molecule has 1 aliphatic rings. The van der Waals surface area contributed by atoms with Crippen LogP contribution in [0, 0.1) is 0 Å². The third-order valence-electron chi connectivity index (χ3n) is 3.35. The Morgan fingerprint density at radius 1 is 1.25 bits per heavy atom. The summed E-state index contributed by atoms with van der Waals surface area (Å²) < 4.78 is 5.60. The largest absolute Gasteiger partial charge is 0.506 e. The van der Waals surface area contributed by atoms with Crippen LogP contribution in [0.2, 0.25) is 10.0 Å². The van der Waals surface area contributed by atoms with Crippen molar-refractivity contribution >= 4 is 23.2 Å². The van der Waals surface area contributed by atoms with Crippen LogP contribution in [0.3, 0.4) is 0 Å². The summed E-state index contributed by atoms with van der Waals surface area (Å²) in [5.41, 5.74) is 1.80. The molecule has 1 aliphatic heterocycles. The number of hydrogen-bond acceptors (Lipinski definition) is 3. The number of aromatic hydroxyl groups is 1. The van der Waals surface area contributed by atoms with Crippen LogP contribution < -0.4 is 10.1 Å². The maximum atomic E-state index is 9.93. The summed E-state index contributed by atoms with van der Waals surface area (Å²) in [6.45, 7) is 1.04. The van der Waals surface area contributed by atoms with Crippen LogP contribution >= 0.6 is 23.2 Å². The molecule has 20 heavy (non-hydrogen) atoms. The van der Waals surface area contributed by atoms with Gasteiger partial charge in [0, 0.05) is 22.7 Å². The average Bonchev–Trinajstić information content (AvgIpc) is 2.84. The van der Waals surface area contributed by atoms with Crippen molar-refractivity contribution in [3.8, 4) is 11.5 Å². The maximum absolute atomic E-state index is 9.93. The van der Waals surface area contributed by atoms with E-state index in [1.807, 2.05) is 24.3 Å². The Bertz CT molecular complexity index is 646. The van der Waals surface area contributed by atoms with Gasteiger partial charge in [0.25, 0.3) is 0 Å². The minimum atomic E-state index is 0.0655. The molecule has 3 nitrogen and oxygen atoms in total. The van der Waals surface area contributed by atoms with Gasteiger partial charge in [0.05, 0.1) is 11.1 Å². The standard InChI is InChI=1S/C15H13Cl2NO2/c16-10-5-9(15(19)12(17)6-10)7-18-13-8-20-14-4-2-1-3-11(13)14/h1-6,13,18-19H,7-8H2. The van der Waals surface area contributed by atoms with Gasteiger partial charge in [0.1, 0.15) is 18.1 Å². The van der Waals surface area contributed by atoms with Crippen molar-refractivity contribution in [2.45, 2.75) is 12.6 Å². The molecular formula is C15H13Cl2NO2. The molecule has 0 bridgehead atoms. The smallest absolute Gasteiger partial charge is 0.138 e. The first kappa shape index (κ1) is 13.6. The van der Waals surface area contributed by atoms with E-state index in [9.17, 15) is 5.11 Å². The molecule has 1 unspecified atom stereocenters. The minimum Gasteiger partial charge on any atom is -0.506 e. The van der Waals surface area contributed by atoms with Gasteiger partial charge in [-0.2, -0.15) is 0 Å². The Balaban J connectivity index is 1.75. The fourth-order valence-corrected chi connectivity index (χ4v) is 2.85.